The van der Waals surface area contributed by atoms with Crippen LogP contribution >= 0.6 is 15.9 Å². The molecule has 0 radical (unpaired) electrons. The monoisotopic (exact) mass is 565 g/mol. The zero-order chi connectivity index (χ0) is 25.9. The maximum atomic E-state index is 4.93. The first-order valence-corrected chi connectivity index (χ1v) is 14.1. The van der Waals surface area contributed by atoms with Gasteiger partial charge < -0.3 is 10.2 Å². The Morgan fingerprint density at radius 1 is 0.895 bits per heavy atom. The lowest BCUT2D eigenvalue weighted by molar-refractivity contribution is 0.213. The highest BCUT2D eigenvalue weighted by molar-refractivity contribution is 9.10. The summed E-state index contributed by atoms with van der Waals surface area (Å²) < 4.78 is 2.82. The third-order valence-electron chi connectivity index (χ3n) is 7.63. The van der Waals surface area contributed by atoms with Crippen LogP contribution < -0.4 is 5.32 Å². The molecule has 3 heterocycles. The van der Waals surface area contributed by atoms with Crippen LogP contribution in [0, 0.1) is 6.92 Å². The Morgan fingerprint density at radius 3 is 2.18 bits per heavy atom. The Morgan fingerprint density at radius 2 is 1.53 bits per heavy atom. The molecule has 192 valence electrons. The van der Waals surface area contributed by atoms with Gasteiger partial charge in [0.05, 0.1) is 16.4 Å². The summed E-state index contributed by atoms with van der Waals surface area (Å²) in [6.07, 6.45) is 4.00. The number of halogens is 1. The first kappa shape index (κ1) is 24.8. The second kappa shape index (κ2) is 11.1. The van der Waals surface area contributed by atoms with Gasteiger partial charge in [-0.25, -0.2) is 4.98 Å². The molecule has 0 atom stereocenters. The molecule has 0 spiro atoms. The zero-order valence-corrected chi connectivity index (χ0v) is 23.2. The lowest BCUT2D eigenvalue weighted by Gasteiger charge is -2.35. The molecule has 1 aliphatic rings. The van der Waals surface area contributed by atoms with E-state index >= 15 is 0 Å². The van der Waals surface area contributed by atoms with E-state index < -0.39 is 0 Å². The molecule has 1 aliphatic heterocycles. The average Bonchev–Trinajstić information content (AvgIpc) is 3.34. The van der Waals surface area contributed by atoms with Gasteiger partial charge in [0.15, 0.2) is 5.65 Å². The van der Waals surface area contributed by atoms with E-state index in [-0.39, 0.29) is 0 Å². The predicted molar refractivity (Wildman–Crippen MR) is 159 cm³/mol. The van der Waals surface area contributed by atoms with Crippen molar-refractivity contribution in [3.63, 3.8) is 0 Å². The summed E-state index contributed by atoms with van der Waals surface area (Å²) in [7, 11) is 0. The largest absolute Gasteiger partial charge is 0.367 e. The zero-order valence-electron chi connectivity index (χ0n) is 21.6. The third-order valence-corrected chi connectivity index (χ3v) is 8.19. The van der Waals surface area contributed by atoms with Crippen LogP contribution in [0.4, 0.5) is 5.82 Å². The molecule has 1 N–H and O–H groups in total. The minimum atomic E-state index is 0.375. The van der Waals surface area contributed by atoms with Crippen LogP contribution in [0.2, 0.25) is 0 Å². The molecule has 6 heteroatoms. The van der Waals surface area contributed by atoms with E-state index in [0.29, 0.717) is 12.0 Å². The average molecular weight is 567 g/mol. The molecular weight excluding hydrogens is 534 g/mol. The molecule has 0 aliphatic carbocycles. The van der Waals surface area contributed by atoms with Crippen molar-refractivity contribution in [1.82, 2.24) is 19.5 Å². The minimum Gasteiger partial charge on any atom is -0.367 e. The van der Waals surface area contributed by atoms with Gasteiger partial charge in [0.25, 0.3) is 0 Å². The SMILES string of the molecule is Cc1ccccc1-c1cc(NC2CCN(CC(c3ccccc3)c3ccccc3)CC2)n2ncc(Br)c2n1. The summed E-state index contributed by atoms with van der Waals surface area (Å²) in [5.74, 6) is 1.36. The molecule has 5 nitrogen and oxygen atoms in total. The fourth-order valence-electron chi connectivity index (χ4n) is 5.54. The van der Waals surface area contributed by atoms with Gasteiger partial charge in [-0.15, -0.1) is 0 Å². The number of nitrogens with one attached hydrogen (secondary N) is 1. The van der Waals surface area contributed by atoms with Gasteiger partial charge in [-0.05, 0) is 52.4 Å². The molecule has 0 bridgehead atoms. The molecule has 1 fully saturated rings. The van der Waals surface area contributed by atoms with Crippen LogP contribution in [0.1, 0.15) is 35.4 Å². The lowest BCUT2D eigenvalue weighted by Crippen LogP contribution is -2.41. The van der Waals surface area contributed by atoms with Crippen molar-refractivity contribution in [2.45, 2.75) is 31.7 Å². The summed E-state index contributed by atoms with van der Waals surface area (Å²) in [4.78, 5) is 7.55. The number of aryl methyl sites for hydroxylation is 1. The smallest absolute Gasteiger partial charge is 0.172 e. The van der Waals surface area contributed by atoms with Gasteiger partial charge in [0.2, 0.25) is 0 Å². The maximum absolute atomic E-state index is 4.93. The summed E-state index contributed by atoms with van der Waals surface area (Å²) in [5, 5.41) is 8.41. The topological polar surface area (TPSA) is 45.5 Å². The summed E-state index contributed by atoms with van der Waals surface area (Å²) >= 11 is 3.64. The van der Waals surface area contributed by atoms with Crippen LogP contribution in [-0.2, 0) is 0 Å². The van der Waals surface area contributed by atoms with E-state index in [2.05, 4.69) is 129 Å². The Balaban J connectivity index is 1.19. The number of hydrogen-bond donors (Lipinski definition) is 1. The second-order valence-electron chi connectivity index (χ2n) is 10.2. The number of hydrogen-bond acceptors (Lipinski definition) is 4. The Hall–Kier alpha value is -3.48. The third kappa shape index (κ3) is 5.24. The standard InChI is InChI=1S/C32H32BrN5/c1-23-10-8-9-15-27(23)30-20-31(38-32(36-30)29(33)21-34-38)35-26-16-18-37(19-17-26)22-28(24-11-4-2-5-12-24)25-13-6-3-7-14-25/h2-15,20-21,26,28,35H,16-19,22H2,1H3. The van der Waals surface area contributed by atoms with Crippen molar-refractivity contribution in [2.24, 2.45) is 0 Å². The number of piperidine rings is 1. The Kier molecular flexibility index (Phi) is 7.25. The molecule has 5 aromatic rings. The fraction of sp³-hybridized carbons (Fsp3) is 0.250. The van der Waals surface area contributed by atoms with Gasteiger partial charge >= 0.3 is 0 Å². The van der Waals surface area contributed by atoms with Crippen LogP contribution in [0.5, 0.6) is 0 Å². The molecule has 0 amide bonds. The molecule has 2 aromatic heterocycles. The number of likely N-dealkylation sites (tertiary alicyclic amines) is 1. The van der Waals surface area contributed by atoms with Crippen LogP contribution in [-0.4, -0.2) is 45.2 Å². The van der Waals surface area contributed by atoms with Crippen molar-refractivity contribution in [3.05, 3.63) is 118 Å². The number of fused-ring (bicyclic) bond motifs is 1. The molecule has 38 heavy (non-hydrogen) atoms. The molecule has 0 saturated carbocycles. The number of benzene rings is 3. The molecule has 3 aromatic carbocycles. The molecule has 6 rings (SSSR count). The second-order valence-corrected chi connectivity index (χ2v) is 11.0. The van der Waals surface area contributed by atoms with Crippen molar-refractivity contribution in [2.75, 3.05) is 25.0 Å². The highest BCUT2D eigenvalue weighted by atomic mass is 79.9. The summed E-state index contributed by atoms with van der Waals surface area (Å²) in [6, 6.07) is 32.8. The highest BCUT2D eigenvalue weighted by Gasteiger charge is 2.24. The fourth-order valence-corrected chi connectivity index (χ4v) is 5.89. The van der Waals surface area contributed by atoms with E-state index in [9.17, 15) is 0 Å². The molecule has 1 saturated heterocycles. The van der Waals surface area contributed by atoms with Gasteiger partial charge in [0, 0.05) is 43.2 Å². The van der Waals surface area contributed by atoms with Gasteiger partial charge in [-0.1, -0.05) is 84.9 Å². The van der Waals surface area contributed by atoms with E-state index in [1.54, 1.807) is 0 Å². The van der Waals surface area contributed by atoms with Crippen molar-refractivity contribution >= 4 is 27.4 Å². The number of rotatable bonds is 7. The van der Waals surface area contributed by atoms with Crippen LogP contribution in [0.25, 0.3) is 16.9 Å². The first-order chi connectivity index (χ1) is 18.7. The number of anilines is 1. The first-order valence-electron chi connectivity index (χ1n) is 13.3. The molecule has 0 unspecified atom stereocenters. The normalized spacial score (nSPS) is 14.8. The molecular formula is C32H32BrN5. The van der Waals surface area contributed by atoms with Crippen LogP contribution in [0.3, 0.4) is 0 Å². The van der Waals surface area contributed by atoms with Gasteiger partial charge in [-0.2, -0.15) is 9.61 Å². The van der Waals surface area contributed by atoms with E-state index in [0.717, 1.165) is 59.7 Å². The predicted octanol–water partition coefficient (Wildman–Crippen LogP) is 7.18. The van der Waals surface area contributed by atoms with Crippen molar-refractivity contribution < 1.29 is 0 Å². The van der Waals surface area contributed by atoms with Crippen molar-refractivity contribution in [3.8, 4) is 11.3 Å². The maximum Gasteiger partial charge on any atom is 0.172 e. The van der Waals surface area contributed by atoms with Gasteiger partial charge in [-0.3, -0.25) is 0 Å². The Bertz CT molecular complexity index is 1470. The van der Waals surface area contributed by atoms with E-state index in [4.69, 9.17) is 4.98 Å². The number of aromatic nitrogens is 3. The Labute approximate surface area is 232 Å². The quantitative estimate of drug-likeness (QED) is 0.227. The summed E-state index contributed by atoms with van der Waals surface area (Å²) in [6.45, 7) is 5.29. The van der Waals surface area contributed by atoms with E-state index in [1.807, 2.05) is 10.7 Å². The summed E-state index contributed by atoms with van der Waals surface area (Å²) in [5.41, 5.74) is 6.92. The lowest BCUT2D eigenvalue weighted by atomic mass is 9.90. The van der Waals surface area contributed by atoms with Crippen molar-refractivity contribution in [1.29, 1.82) is 0 Å². The van der Waals surface area contributed by atoms with Gasteiger partial charge in [0.1, 0.15) is 5.82 Å². The minimum absolute atomic E-state index is 0.375. The van der Waals surface area contributed by atoms with Crippen LogP contribution in [0.15, 0.2) is 102 Å². The number of nitrogens with zero attached hydrogens (tertiary/aromatic N) is 4. The highest BCUT2D eigenvalue weighted by Crippen LogP contribution is 2.30. The van der Waals surface area contributed by atoms with E-state index in [1.165, 1.54) is 16.7 Å².